The van der Waals surface area contributed by atoms with Crippen LogP contribution in [0.15, 0.2) is 85.2 Å². The van der Waals surface area contributed by atoms with Crippen molar-refractivity contribution in [1.82, 2.24) is 20.6 Å². The third kappa shape index (κ3) is 16.3. The molecular formula is C56H74N4O11. The molecule has 2 amide bonds. The molecule has 0 unspecified atom stereocenters. The molecular weight excluding hydrogens is 905 g/mol. The molecule has 8 atom stereocenters. The summed E-state index contributed by atoms with van der Waals surface area (Å²) in [6, 6.07) is 22.2. The average Bonchev–Trinajstić information content (AvgIpc) is 3.44. The van der Waals surface area contributed by atoms with E-state index in [4.69, 9.17) is 23.7 Å². The second-order valence-electron chi connectivity index (χ2n) is 18.7. The first-order valence-electron chi connectivity index (χ1n) is 25.3. The van der Waals surface area contributed by atoms with E-state index >= 15 is 0 Å². The number of carbonyl (C=O) groups is 5. The van der Waals surface area contributed by atoms with Gasteiger partial charge in [-0.1, -0.05) is 113 Å². The second-order valence-corrected chi connectivity index (χ2v) is 18.7. The van der Waals surface area contributed by atoms with E-state index in [-0.39, 0.29) is 58.4 Å². The first kappa shape index (κ1) is 55.4. The molecule has 71 heavy (non-hydrogen) atoms. The molecule has 4 heterocycles. The second kappa shape index (κ2) is 28.4. The van der Waals surface area contributed by atoms with Crippen LogP contribution >= 0.6 is 0 Å². The van der Waals surface area contributed by atoms with E-state index < -0.39 is 41.8 Å². The fourth-order valence-corrected chi connectivity index (χ4v) is 9.94. The Morgan fingerprint density at radius 3 is 1.52 bits per heavy atom. The molecule has 2 aliphatic heterocycles. The van der Waals surface area contributed by atoms with Gasteiger partial charge in [-0.3, -0.25) is 14.4 Å². The Hall–Kier alpha value is -6.51. The highest BCUT2D eigenvalue weighted by Crippen LogP contribution is 2.36. The molecule has 0 spiro atoms. The van der Waals surface area contributed by atoms with Crippen molar-refractivity contribution in [1.29, 1.82) is 0 Å². The van der Waals surface area contributed by atoms with Gasteiger partial charge in [-0.05, 0) is 100 Å². The van der Waals surface area contributed by atoms with Crippen molar-refractivity contribution in [2.75, 3.05) is 14.2 Å². The van der Waals surface area contributed by atoms with Crippen LogP contribution in [0.3, 0.4) is 0 Å². The molecule has 2 aromatic carbocycles. The molecule has 0 saturated carbocycles. The fourth-order valence-electron chi connectivity index (χ4n) is 9.94. The molecule has 384 valence electrons. The van der Waals surface area contributed by atoms with E-state index in [2.05, 4.69) is 83.0 Å². The predicted octanol–water partition coefficient (Wildman–Crippen LogP) is 9.57. The van der Waals surface area contributed by atoms with E-state index in [1.54, 1.807) is 0 Å². The van der Waals surface area contributed by atoms with Crippen molar-refractivity contribution >= 4 is 29.7 Å². The lowest BCUT2D eigenvalue weighted by molar-refractivity contribution is -0.154. The fraction of sp³-hybridized carbons (Fsp3) is 0.518. The standard InChI is InChI=1S/C29H38N2O6.C27H36N2O5/c1-5-6-14-23-19(2)36-29(34)24(15-10-13-22(23)18-21-11-8-7-9-12-21)31-28(33)26-27(37-20(3)32)25(35-4)16-17-30-26;1-4-5-13-21-18(2)34-27(32)22(14-9-12-20(21)17-19-10-7-6-8-11-19)29-26(31)24-25(30)23(33-3)15-16-28-24/h7-9,11-12,16-17,19,22-24H,5-6,10,13-15,18H2,1-4H3,(H,31,33);6-8,10-11,15-16,18,20-22,30H,4-5,9,12-14,17H2,1-3H3,(H,29,31)/t19-,22+,23-,24-;18-,20+,21-,22-/m00/s1. The van der Waals surface area contributed by atoms with Crippen LogP contribution < -0.4 is 24.8 Å². The SMILES string of the molecule is CCCC[C@@H]1[C@@H](Cc2ccccc2)CCC[C@H](NC(=O)c2nccc(OC)c2O)C(=O)O[C@H]1C.CCCC[C@@H]1[C@@H](Cc2ccccc2)CCC[C@H](NC(=O)c2nccc(OC)c2OC(C)=O)C(=O)O[C@H]1C. The molecule has 0 bridgehead atoms. The zero-order valence-corrected chi connectivity index (χ0v) is 42.5. The number of unbranched alkanes of at least 4 members (excludes halogenated alkanes) is 2. The summed E-state index contributed by atoms with van der Waals surface area (Å²) in [4.78, 5) is 71.9. The normalized spacial score (nSPS) is 22.6. The molecule has 2 aromatic heterocycles. The number of amides is 2. The number of hydrogen-bond donors (Lipinski definition) is 3. The van der Waals surface area contributed by atoms with Crippen molar-refractivity contribution in [3.63, 3.8) is 0 Å². The number of benzene rings is 2. The number of ether oxygens (including phenoxy) is 5. The minimum absolute atomic E-state index is 0.0812. The number of hydrogen-bond acceptors (Lipinski definition) is 13. The number of aromatic nitrogens is 2. The van der Waals surface area contributed by atoms with Crippen LogP contribution in [-0.4, -0.2) is 83.3 Å². The number of rotatable bonds is 17. The molecule has 6 rings (SSSR count). The molecule has 3 N–H and O–H groups in total. The molecule has 2 aliphatic rings. The Balaban J connectivity index is 0.000000265. The van der Waals surface area contributed by atoms with Crippen LogP contribution in [0, 0.1) is 23.7 Å². The van der Waals surface area contributed by atoms with Crippen LogP contribution in [0.2, 0.25) is 0 Å². The van der Waals surface area contributed by atoms with Crippen molar-refractivity contribution in [2.45, 2.75) is 149 Å². The van der Waals surface area contributed by atoms with Crippen LogP contribution in [0.1, 0.15) is 144 Å². The highest BCUT2D eigenvalue weighted by molar-refractivity contribution is 5.99. The zero-order chi connectivity index (χ0) is 51.3. The Labute approximate surface area is 419 Å². The third-order valence-corrected chi connectivity index (χ3v) is 13.7. The number of cyclic esters (lactones) is 2. The van der Waals surface area contributed by atoms with Gasteiger partial charge in [0.05, 0.1) is 14.2 Å². The summed E-state index contributed by atoms with van der Waals surface area (Å²) in [7, 11) is 2.80. The van der Waals surface area contributed by atoms with Gasteiger partial charge < -0.3 is 39.4 Å². The van der Waals surface area contributed by atoms with Gasteiger partial charge in [0.1, 0.15) is 24.3 Å². The van der Waals surface area contributed by atoms with Gasteiger partial charge in [0.2, 0.25) is 5.75 Å². The van der Waals surface area contributed by atoms with Gasteiger partial charge in [-0.15, -0.1) is 0 Å². The Morgan fingerprint density at radius 1 is 0.648 bits per heavy atom. The van der Waals surface area contributed by atoms with Crippen molar-refractivity contribution < 1.29 is 52.8 Å². The Morgan fingerprint density at radius 2 is 1.08 bits per heavy atom. The first-order chi connectivity index (χ1) is 34.3. The lowest BCUT2D eigenvalue weighted by atomic mass is 9.78. The minimum atomic E-state index is -0.838. The number of carbonyl (C=O) groups excluding carboxylic acids is 5. The van der Waals surface area contributed by atoms with E-state index in [0.717, 1.165) is 77.0 Å². The smallest absolute Gasteiger partial charge is 0.328 e. The predicted molar refractivity (Wildman–Crippen MR) is 269 cm³/mol. The molecule has 4 aromatic rings. The lowest BCUT2D eigenvalue weighted by Gasteiger charge is -2.31. The molecule has 2 fully saturated rings. The summed E-state index contributed by atoms with van der Waals surface area (Å²) in [5, 5.41) is 15.8. The number of aromatic hydroxyl groups is 1. The number of nitrogens with one attached hydrogen (secondary N) is 2. The van der Waals surface area contributed by atoms with Crippen molar-refractivity contribution in [3.05, 3.63) is 108 Å². The number of pyridine rings is 2. The summed E-state index contributed by atoms with van der Waals surface area (Å²) in [6.07, 6.45) is 14.7. The van der Waals surface area contributed by atoms with E-state index in [0.29, 0.717) is 24.7 Å². The summed E-state index contributed by atoms with van der Waals surface area (Å²) in [5.41, 5.74) is 2.26. The van der Waals surface area contributed by atoms with E-state index in [9.17, 15) is 29.1 Å². The van der Waals surface area contributed by atoms with Gasteiger partial charge >= 0.3 is 17.9 Å². The van der Waals surface area contributed by atoms with E-state index in [1.807, 2.05) is 26.0 Å². The van der Waals surface area contributed by atoms with Gasteiger partial charge in [-0.2, -0.15) is 0 Å². The molecule has 15 heteroatoms. The summed E-state index contributed by atoms with van der Waals surface area (Å²) in [5.74, 6) is -1.63. The van der Waals surface area contributed by atoms with Gasteiger partial charge in [0.25, 0.3) is 11.8 Å². The van der Waals surface area contributed by atoms with Crippen molar-refractivity contribution in [2.24, 2.45) is 23.7 Å². The zero-order valence-electron chi connectivity index (χ0n) is 42.5. The maximum atomic E-state index is 13.2. The third-order valence-electron chi connectivity index (χ3n) is 13.7. The highest BCUT2D eigenvalue weighted by atomic mass is 16.6. The Bertz CT molecular complexity index is 2330. The molecule has 0 aliphatic carbocycles. The number of esters is 3. The quantitative estimate of drug-likeness (QED) is 0.0846. The molecule has 2 saturated heterocycles. The van der Waals surface area contributed by atoms with Crippen LogP contribution in [0.5, 0.6) is 23.0 Å². The minimum Gasteiger partial charge on any atom is -0.503 e. The number of nitrogens with zero attached hydrogens (tertiary/aromatic N) is 2. The largest absolute Gasteiger partial charge is 0.503 e. The molecule has 0 radical (unpaired) electrons. The number of methoxy groups -OCH3 is 2. The maximum absolute atomic E-state index is 13.2. The maximum Gasteiger partial charge on any atom is 0.328 e. The summed E-state index contributed by atoms with van der Waals surface area (Å²) in [6.45, 7) is 9.50. The Kier molecular flexibility index (Phi) is 22.1. The van der Waals surface area contributed by atoms with Crippen molar-refractivity contribution in [3.8, 4) is 23.0 Å². The average molecular weight is 979 g/mol. The van der Waals surface area contributed by atoms with Gasteiger partial charge in [0, 0.05) is 31.5 Å². The molecule has 15 nitrogen and oxygen atoms in total. The lowest BCUT2D eigenvalue weighted by Crippen LogP contribution is -2.43. The van der Waals surface area contributed by atoms with Gasteiger partial charge in [-0.25, -0.2) is 19.6 Å². The van der Waals surface area contributed by atoms with Crippen LogP contribution in [0.25, 0.3) is 0 Å². The summed E-state index contributed by atoms with van der Waals surface area (Å²) >= 11 is 0. The highest BCUT2D eigenvalue weighted by Gasteiger charge is 2.36. The topological polar surface area (TPSA) is 202 Å². The monoisotopic (exact) mass is 979 g/mol. The van der Waals surface area contributed by atoms with Crippen LogP contribution in [-0.2, 0) is 36.7 Å². The van der Waals surface area contributed by atoms with Crippen LogP contribution in [0.4, 0.5) is 0 Å². The summed E-state index contributed by atoms with van der Waals surface area (Å²) < 4.78 is 27.4. The van der Waals surface area contributed by atoms with E-state index in [1.165, 1.54) is 56.8 Å². The van der Waals surface area contributed by atoms with Gasteiger partial charge in [0.15, 0.2) is 28.6 Å². The first-order valence-corrected chi connectivity index (χ1v) is 25.3.